The van der Waals surface area contributed by atoms with E-state index in [1.165, 1.54) is 28.8 Å². The predicted octanol–water partition coefficient (Wildman–Crippen LogP) is 4.15. The van der Waals surface area contributed by atoms with E-state index < -0.39 is 0 Å². The molecule has 0 amide bonds. The minimum absolute atomic E-state index is 0. The first-order chi connectivity index (χ1) is 6.76. The monoisotopic (exact) mass is 240 g/mol. The summed E-state index contributed by atoms with van der Waals surface area (Å²) in [4.78, 5) is 1.52. The van der Waals surface area contributed by atoms with E-state index in [0.717, 1.165) is 5.00 Å². The third kappa shape index (κ3) is 1.76. The lowest BCUT2D eigenvalue weighted by atomic mass is 9.66. The van der Waals surface area contributed by atoms with Crippen LogP contribution in [0.5, 0.6) is 0 Å². The van der Waals surface area contributed by atoms with Crippen LogP contribution in [0.4, 0.5) is 5.00 Å². The Morgan fingerprint density at radius 3 is 2.06 bits per heavy atom. The van der Waals surface area contributed by atoms with Crippen molar-refractivity contribution in [3.05, 3.63) is 16.0 Å². The van der Waals surface area contributed by atoms with Gasteiger partial charge in [0, 0.05) is 4.88 Å². The van der Waals surface area contributed by atoms with E-state index in [0.29, 0.717) is 10.8 Å². The summed E-state index contributed by atoms with van der Waals surface area (Å²) in [6.45, 7) is 11.6. The van der Waals surface area contributed by atoms with Crippen LogP contribution in [0.1, 0.15) is 56.5 Å². The smallest absolute Gasteiger partial charge is 0.0892 e. The summed E-state index contributed by atoms with van der Waals surface area (Å²) >= 11 is 1.80. The Morgan fingerprint density at radius 1 is 1.06 bits per heavy atom. The molecule has 2 rings (SSSR count). The van der Waals surface area contributed by atoms with Crippen molar-refractivity contribution in [2.75, 3.05) is 5.73 Å². The van der Waals surface area contributed by atoms with Gasteiger partial charge in [0.25, 0.3) is 0 Å². The van der Waals surface area contributed by atoms with Crippen molar-refractivity contribution in [3.63, 3.8) is 0 Å². The summed E-state index contributed by atoms with van der Waals surface area (Å²) in [5.74, 6) is 0. The molecule has 92 valence electrons. The molecule has 0 saturated heterocycles. The molecule has 1 aromatic rings. The average molecular weight is 240 g/mol. The molecule has 0 fully saturated rings. The Labute approximate surface area is 103 Å². The predicted molar refractivity (Wildman–Crippen MR) is 73.8 cm³/mol. The van der Waals surface area contributed by atoms with Crippen molar-refractivity contribution < 1.29 is 0 Å². The summed E-state index contributed by atoms with van der Waals surface area (Å²) in [6, 6.07) is 0. The molecule has 2 nitrogen and oxygen atoms in total. The lowest BCUT2D eigenvalue weighted by Crippen LogP contribution is -2.32. The molecule has 1 aromatic heterocycles. The Hall–Kier alpha value is -0.540. The van der Waals surface area contributed by atoms with Crippen molar-refractivity contribution in [2.45, 2.75) is 58.3 Å². The van der Waals surface area contributed by atoms with Crippen LogP contribution < -0.4 is 11.9 Å². The van der Waals surface area contributed by atoms with Gasteiger partial charge in [0.1, 0.15) is 0 Å². The van der Waals surface area contributed by atoms with Gasteiger partial charge < -0.3 is 11.9 Å². The lowest BCUT2D eigenvalue weighted by Gasteiger charge is -2.39. The summed E-state index contributed by atoms with van der Waals surface area (Å²) in [5, 5.41) is 1.02. The zero-order chi connectivity index (χ0) is 11.4. The molecule has 0 radical (unpaired) electrons. The fraction of sp³-hybridized carbons (Fsp3) is 0.692. The maximum absolute atomic E-state index is 6.08. The van der Waals surface area contributed by atoms with E-state index in [2.05, 4.69) is 34.6 Å². The molecule has 0 bridgehead atoms. The zero-order valence-electron chi connectivity index (χ0n) is 11.1. The number of hydrogen-bond acceptors (Lipinski definition) is 3. The average Bonchev–Trinajstić information content (AvgIpc) is 2.40. The maximum atomic E-state index is 6.08. The molecule has 1 aliphatic carbocycles. The lowest BCUT2D eigenvalue weighted by molar-refractivity contribution is 0.337. The number of rotatable bonds is 0. The molecule has 0 aromatic carbocycles. The largest absolute Gasteiger partial charge is 0.390 e. The minimum atomic E-state index is 0. The fourth-order valence-electron chi connectivity index (χ4n) is 2.69. The Morgan fingerprint density at radius 2 is 1.56 bits per heavy atom. The molecule has 0 saturated carbocycles. The highest BCUT2D eigenvalue weighted by Crippen LogP contribution is 2.52. The normalized spacial score (nSPS) is 21.1. The second-order valence-electron chi connectivity index (χ2n) is 6.06. The first-order valence-electron chi connectivity index (χ1n) is 5.65. The number of fused-ring (bicyclic) bond motifs is 1. The van der Waals surface area contributed by atoms with E-state index in [-0.39, 0.29) is 6.15 Å². The highest BCUT2D eigenvalue weighted by atomic mass is 32.1. The first kappa shape index (κ1) is 13.5. The van der Waals surface area contributed by atoms with Gasteiger partial charge in [-0.2, -0.15) is 0 Å². The highest BCUT2D eigenvalue weighted by Gasteiger charge is 2.40. The van der Waals surface area contributed by atoms with Crippen LogP contribution in [0.25, 0.3) is 0 Å². The van der Waals surface area contributed by atoms with Crippen molar-refractivity contribution >= 4 is 16.3 Å². The molecule has 3 heteroatoms. The molecule has 0 unspecified atom stereocenters. The minimum Gasteiger partial charge on any atom is -0.390 e. The van der Waals surface area contributed by atoms with Crippen LogP contribution in [0.15, 0.2) is 0 Å². The third-order valence-electron chi connectivity index (χ3n) is 3.85. The van der Waals surface area contributed by atoms with Gasteiger partial charge in [-0.05, 0) is 41.7 Å². The van der Waals surface area contributed by atoms with Crippen LogP contribution >= 0.6 is 11.3 Å². The van der Waals surface area contributed by atoms with E-state index >= 15 is 0 Å². The van der Waals surface area contributed by atoms with Crippen molar-refractivity contribution in [2.24, 2.45) is 0 Å². The number of hydrogen-bond donors (Lipinski definition) is 2. The fourth-order valence-corrected chi connectivity index (χ4v) is 4.07. The molecular weight excluding hydrogens is 216 g/mol. The summed E-state index contributed by atoms with van der Waals surface area (Å²) in [5.41, 5.74) is 9.56. The van der Waals surface area contributed by atoms with Crippen LogP contribution in [-0.4, -0.2) is 0 Å². The van der Waals surface area contributed by atoms with Crippen molar-refractivity contribution in [1.82, 2.24) is 6.15 Å². The van der Waals surface area contributed by atoms with Gasteiger partial charge in [-0.25, -0.2) is 0 Å². The Balaban J connectivity index is 0.00000128. The van der Waals surface area contributed by atoms with Gasteiger partial charge in [-0.15, -0.1) is 11.3 Å². The number of nitrogen functional groups attached to an aromatic ring is 1. The standard InChI is InChI=1S/C13H21NS.H3N/c1-8-9-10(15-11(8)14)13(4,5)7-6-12(9,2)3;/h6-7,14H2,1-5H3;1H3. The summed E-state index contributed by atoms with van der Waals surface area (Å²) in [6.07, 6.45) is 2.54. The SMILES string of the molecule is Cc1c(N)sc2c1C(C)(C)CCC2(C)C.N. The molecule has 1 aliphatic rings. The van der Waals surface area contributed by atoms with E-state index in [1.807, 2.05) is 0 Å². The van der Waals surface area contributed by atoms with Crippen LogP contribution in [0.2, 0.25) is 0 Å². The molecule has 5 N–H and O–H groups in total. The van der Waals surface area contributed by atoms with Crippen LogP contribution in [0.3, 0.4) is 0 Å². The number of anilines is 1. The molecule has 1 heterocycles. The third-order valence-corrected chi connectivity index (χ3v) is 5.34. The maximum Gasteiger partial charge on any atom is 0.0892 e. The first-order valence-corrected chi connectivity index (χ1v) is 6.47. The molecular formula is C13H24N2S. The van der Waals surface area contributed by atoms with E-state index in [9.17, 15) is 0 Å². The number of nitrogens with two attached hydrogens (primary N) is 1. The molecule has 16 heavy (non-hydrogen) atoms. The molecule has 0 atom stereocenters. The van der Waals surface area contributed by atoms with Gasteiger partial charge >= 0.3 is 0 Å². The summed E-state index contributed by atoms with van der Waals surface area (Å²) in [7, 11) is 0. The zero-order valence-corrected chi connectivity index (χ0v) is 11.9. The van der Waals surface area contributed by atoms with Gasteiger partial charge in [0.2, 0.25) is 0 Å². The summed E-state index contributed by atoms with van der Waals surface area (Å²) < 4.78 is 0. The van der Waals surface area contributed by atoms with E-state index in [1.54, 1.807) is 11.3 Å². The molecule has 0 aliphatic heterocycles. The quantitative estimate of drug-likeness (QED) is 0.715. The second-order valence-corrected chi connectivity index (χ2v) is 7.12. The highest BCUT2D eigenvalue weighted by molar-refractivity contribution is 7.16. The van der Waals surface area contributed by atoms with Crippen LogP contribution in [0, 0.1) is 6.92 Å². The second kappa shape index (κ2) is 3.74. The Bertz CT molecular complexity index is 402. The van der Waals surface area contributed by atoms with Gasteiger partial charge in [-0.1, -0.05) is 27.7 Å². The topological polar surface area (TPSA) is 61.0 Å². The molecule has 0 spiro atoms. The van der Waals surface area contributed by atoms with E-state index in [4.69, 9.17) is 5.73 Å². The Kier molecular flexibility index (Phi) is 3.16. The number of thiophene rings is 1. The van der Waals surface area contributed by atoms with Crippen LogP contribution in [-0.2, 0) is 10.8 Å². The van der Waals surface area contributed by atoms with Crippen molar-refractivity contribution in [3.8, 4) is 0 Å². The van der Waals surface area contributed by atoms with Gasteiger partial charge in [-0.3, -0.25) is 0 Å². The van der Waals surface area contributed by atoms with Gasteiger partial charge in [0.15, 0.2) is 0 Å². The van der Waals surface area contributed by atoms with Crippen molar-refractivity contribution in [1.29, 1.82) is 0 Å². The van der Waals surface area contributed by atoms with Gasteiger partial charge in [0.05, 0.1) is 5.00 Å².